The molecule has 1 heterocycles. The van der Waals surface area contributed by atoms with Gasteiger partial charge in [-0.2, -0.15) is 0 Å². The number of benzene rings is 1. The normalized spacial score (nSPS) is 14.4. The van der Waals surface area contributed by atoms with Crippen molar-refractivity contribution in [2.24, 2.45) is 0 Å². The molecule has 1 aromatic carbocycles. The molecule has 6 heteroatoms. The summed E-state index contributed by atoms with van der Waals surface area (Å²) in [5.74, 6) is 0.743. The van der Waals surface area contributed by atoms with Gasteiger partial charge in [-0.25, -0.2) is 0 Å². The van der Waals surface area contributed by atoms with E-state index in [1.165, 1.54) is 6.92 Å². The summed E-state index contributed by atoms with van der Waals surface area (Å²) in [6.07, 6.45) is 0. The topological polar surface area (TPSA) is 76.7 Å². The van der Waals surface area contributed by atoms with Gasteiger partial charge in [-0.1, -0.05) is 0 Å². The second kappa shape index (κ2) is 5.60. The third-order valence-electron chi connectivity index (χ3n) is 2.62. The van der Waals surface area contributed by atoms with Crippen LogP contribution in [0.2, 0.25) is 0 Å². The van der Waals surface area contributed by atoms with E-state index < -0.39 is 6.04 Å². The minimum atomic E-state index is -0.592. The molecule has 0 unspecified atom stereocenters. The minimum absolute atomic E-state index is 0.246. The summed E-state index contributed by atoms with van der Waals surface area (Å²) < 4.78 is 10.8. The first kappa shape index (κ1) is 13.2. The summed E-state index contributed by atoms with van der Waals surface area (Å²) in [5.41, 5.74) is 0.603. The van der Waals surface area contributed by atoms with Crippen LogP contribution in [-0.4, -0.2) is 31.1 Å². The molecule has 1 aromatic rings. The molecule has 0 spiro atoms. The molecule has 1 aliphatic heterocycles. The Bertz CT molecular complexity index is 501. The van der Waals surface area contributed by atoms with Crippen molar-refractivity contribution in [1.82, 2.24) is 5.32 Å². The predicted octanol–water partition coefficient (Wildman–Crippen LogP) is 0.921. The Morgan fingerprint density at radius 3 is 2.58 bits per heavy atom. The largest absolute Gasteiger partial charge is 0.486 e. The lowest BCUT2D eigenvalue weighted by molar-refractivity contribution is -0.124. The highest BCUT2D eigenvalue weighted by atomic mass is 16.6. The fourth-order valence-corrected chi connectivity index (χ4v) is 1.74. The van der Waals surface area contributed by atoms with Gasteiger partial charge in [0.25, 0.3) is 0 Å². The lowest BCUT2D eigenvalue weighted by atomic mass is 10.2. The van der Waals surface area contributed by atoms with E-state index in [1.807, 2.05) is 0 Å². The predicted molar refractivity (Wildman–Crippen MR) is 69.3 cm³/mol. The average molecular weight is 264 g/mol. The van der Waals surface area contributed by atoms with E-state index in [9.17, 15) is 9.59 Å². The molecule has 0 saturated heterocycles. The summed E-state index contributed by atoms with van der Waals surface area (Å²) in [4.78, 5) is 22.7. The highest BCUT2D eigenvalue weighted by Gasteiger charge is 2.16. The molecule has 19 heavy (non-hydrogen) atoms. The second-order valence-electron chi connectivity index (χ2n) is 4.27. The van der Waals surface area contributed by atoms with Crippen molar-refractivity contribution >= 4 is 17.5 Å². The van der Waals surface area contributed by atoms with Crippen molar-refractivity contribution in [2.45, 2.75) is 19.9 Å². The minimum Gasteiger partial charge on any atom is -0.486 e. The van der Waals surface area contributed by atoms with Gasteiger partial charge in [0.15, 0.2) is 11.5 Å². The van der Waals surface area contributed by atoms with Crippen LogP contribution >= 0.6 is 0 Å². The van der Waals surface area contributed by atoms with Crippen LogP contribution in [0, 0.1) is 0 Å². The molecule has 0 bridgehead atoms. The van der Waals surface area contributed by atoms with Gasteiger partial charge in [0.05, 0.1) is 0 Å². The van der Waals surface area contributed by atoms with Crippen molar-refractivity contribution < 1.29 is 19.1 Å². The number of ether oxygens (including phenoxy) is 2. The molecular weight excluding hydrogens is 248 g/mol. The van der Waals surface area contributed by atoms with E-state index in [0.717, 1.165) is 0 Å². The SMILES string of the molecule is CC(=O)N[C@H](C)C(=O)Nc1ccc2c(c1)OCCO2. The van der Waals surface area contributed by atoms with Crippen molar-refractivity contribution in [1.29, 1.82) is 0 Å². The third-order valence-corrected chi connectivity index (χ3v) is 2.62. The van der Waals surface area contributed by atoms with Crippen molar-refractivity contribution in [3.8, 4) is 11.5 Å². The molecule has 2 rings (SSSR count). The van der Waals surface area contributed by atoms with Crippen LogP contribution in [-0.2, 0) is 9.59 Å². The van der Waals surface area contributed by atoms with E-state index >= 15 is 0 Å². The number of amides is 2. The van der Waals surface area contributed by atoms with Gasteiger partial charge in [0, 0.05) is 18.7 Å². The lowest BCUT2D eigenvalue weighted by Crippen LogP contribution is -2.40. The van der Waals surface area contributed by atoms with E-state index in [4.69, 9.17) is 9.47 Å². The number of carbonyl (C=O) groups is 2. The van der Waals surface area contributed by atoms with Crippen LogP contribution < -0.4 is 20.1 Å². The van der Waals surface area contributed by atoms with Crippen LogP contribution in [0.4, 0.5) is 5.69 Å². The first-order valence-corrected chi connectivity index (χ1v) is 6.04. The average Bonchev–Trinajstić information content (AvgIpc) is 2.37. The number of nitrogens with one attached hydrogen (secondary N) is 2. The summed E-state index contributed by atoms with van der Waals surface area (Å²) >= 11 is 0. The van der Waals surface area contributed by atoms with Crippen molar-refractivity contribution in [2.75, 3.05) is 18.5 Å². The molecular formula is C13H16N2O4. The van der Waals surface area contributed by atoms with Gasteiger partial charge in [0.2, 0.25) is 11.8 Å². The van der Waals surface area contributed by atoms with Crippen LogP contribution in [0.25, 0.3) is 0 Å². The number of hydrogen-bond acceptors (Lipinski definition) is 4. The molecule has 1 aliphatic rings. The fraction of sp³-hybridized carbons (Fsp3) is 0.385. The van der Waals surface area contributed by atoms with E-state index in [2.05, 4.69) is 10.6 Å². The standard InChI is InChI=1S/C13H16N2O4/c1-8(14-9(2)16)13(17)15-10-3-4-11-12(7-10)19-6-5-18-11/h3-4,7-8H,5-6H2,1-2H3,(H,14,16)(H,15,17)/t8-/m1/s1. The number of carbonyl (C=O) groups excluding carboxylic acids is 2. The Hall–Kier alpha value is -2.24. The molecule has 0 aliphatic carbocycles. The number of rotatable bonds is 3. The van der Waals surface area contributed by atoms with E-state index in [-0.39, 0.29) is 11.8 Å². The van der Waals surface area contributed by atoms with Crippen LogP contribution in [0.15, 0.2) is 18.2 Å². The zero-order valence-corrected chi connectivity index (χ0v) is 10.9. The highest BCUT2D eigenvalue weighted by Crippen LogP contribution is 2.32. The zero-order chi connectivity index (χ0) is 13.8. The van der Waals surface area contributed by atoms with Crippen molar-refractivity contribution in [3.63, 3.8) is 0 Å². The molecule has 0 radical (unpaired) electrons. The highest BCUT2D eigenvalue weighted by molar-refractivity contribution is 5.96. The van der Waals surface area contributed by atoms with Gasteiger partial charge in [-0.05, 0) is 19.1 Å². The Labute approximate surface area is 111 Å². The zero-order valence-electron chi connectivity index (χ0n) is 10.9. The van der Waals surface area contributed by atoms with Gasteiger partial charge in [-0.3, -0.25) is 9.59 Å². The van der Waals surface area contributed by atoms with Crippen LogP contribution in [0.5, 0.6) is 11.5 Å². The van der Waals surface area contributed by atoms with Gasteiger partial charge in [-0.15, -0.1) is 0 Å². The molecule has 0 fully saturated rings. The molecule has 2 amide bonds. The van der Waals surface area contributed by atoms with Crippen molar-refractivity contribution in [3.05, 3.63) is 18.2 Å². The van der Waals surface area contributed by atoms with E-state index in [0.29, 0.717) is 30.4 Å². The Kier molecular flexibility index (Phi) is 3.89. The first-order chi connectivity index (χ1) is 9.06. The Balaban J connectivity index is 2.03. The quantitative estimate of drug-likeness (QED) is 0.851. The molecule has 6 nitrogen and oxygen atoms in total. The maximum Gasteiger partial charge on any atom is 0.246 e. The summed E-state index contributed by atoms with van der Waals surface area (Å²) in [5, 5.41) is 5.23. The second-order valence-corrected chi connectivity index (χ2v) is 4.27. The third kappa shape index (κ3) is 3.37. The maximum absolute atomic E-state index is 11.8. The molecule has 2 N–H and O–H groups in total. The van der Waals surface area contributed by atoms with Gasteiger partial charge >= 0.3 is 0 Å². The Morgan fingerprint density at radius 2 is 1.89 bits per heavy atom. The fourth-order valence-electron chi connectivity index (χ4n) is 1.74. The molecule has 0 aromatic heterocycles. The van der Waals surface area contributed by atoms with Crippen LogP contribution in [0.1, 0.15) is 13.8 Å². The molecule has 0 saturated carbocycles. The molecule has 1 atom stereocenters. The van der Waals surface area contributed by atoms with Gasteiger partial charge < -0.3 is 20.1 Å². The summed E-state index contributed by atoms with van der Waals surface area (Å²) in [7, 11) is 0. The first-order valence-electron chi connectivity index (χ1n) is 6.04. The maximum atomic E-state index is 11.8. The number of fused-ring (bicyclic) bond motifs is 1. The molecule has 102 valence electrons. The van der Waals surface area contributed by atoms with Gasteiger partial charge in [0.1, 0.15) is 19.3 Å². The lowest BCUT2D eigenvalue weighted by Gasteiger charge is -2.19. The monoisotopic (exact) mass is 264 g/mol. The summed E-state index contributed by atoms with van der Waals surface area (Å²) in [6, 6.07) is 4.58. The number of anilines is 1. The number of hydrogen-bond donors (Lipinski definition) is 2. The smallest absolute Gasteiger partial charge is 0.246 e. The van der Waals surface area contributed by atoms with E-state index in [1.54, 1.807) is 25.1 Å². The van der Waals surface area contributed by atoms with Crippen LogP contribution in [0.3, 0.4) is 0 Å². The summed E-state index contributed by atoms with van der Waals surface area (Å²) in [6.45, 7) is 4.01. The Morgan fingerprint density at radius 1 is 1.21 bits per heavy atom.